The number of amides is 1. The van der Waals surface area contributed by atoms with Gasteiger partial charge in [0.2, 0.25) is 0 Å². The molecule has 0 radical (unpaired) electrons. The summed E-state index contributed by atoms with van der Waals surface area (Å²) in [6, 6.07) is 20.9. The van der Waals surface area contributed by atoms with Gasteiger partial charge in [0.15, 0.2) is 0 Å². The standard InChI is InChI=1S/C22H18FNO3/c23-17-6-4-5-15(11-17)22(25)24-14-20-13-16-12-19(9-10-21(16)27-20)26-18-7-2-1-3-8-18/h1-12,20H,13-14H2,(H,24,25)/t20-/m1/s1. The van der Waals surface area contributed by atoms with Gasteiger partial charge in [-0.25, -0.2) is 4.39 Å². The highest BCUT2D eigenvalue weighted by atomic mass is 19.1. The van der Waals surface area contributed by atoms with E-state index in [4.69, 9.17) is 9.47 Å². The van der Waals surface area contributed by atoms with Crippen LogP contribution in [-0.2, 0) is 6.42 Å². The maximum Gasteiger partial charge on any atom is 0.251 e. The summed E-state index contributed by atoms with van der Waals surface area (Å²) in [6.45, 7) is 0.346. The van der Waals surface area contributed by atoms with Gasteiger partial charge in [0.25, 0.3) is 5.91 Å². The van der Waals surface area contributed by atoms with E-state index < -0.39 is 5.82 Å². The summed E-state index contributed by atoms with van der Waals surface area (Å²) in [5.41, 5.74) is 1.33. The second-order valence-corrected chi connectivity index (χ2v) is 6.35. The third-order valence-electron chi connectivity index (χ3n) is 4.33. The fraction of sp³-hybridized carbons (Fsp3) is 0.136. The molecule has 0 fully saturated rings. The Morgan fingerprint density at radius 3 is 2.70 bits per heavy atom. The van der Waals surface area contributed by atoms with E-state index in [0.717, 1.165) is 22.8 Å². The van der Waals surface area contributed by atoms with Crippen LogP contribution in [0.2, 0.25) is 0 Å². The lowest BCUT2D eigenvalue weighted by molar-refractivity contribution is 0.0933. The lowest BCUT2D eigenvalue weighted by Crippen LogP contribution is -2.34. The Balaban J connectivity index is 1.36. The van der Waals surface area contributed by atoms with Crippen molar-refractivity contribution in [2.24, 2.45) is 0 Å². The highest BCUT2D eigenvalue weighted by Gasteiger charge is 2.24. The summed E-state index contributed by atoms with van der Waals surface area (Å²) in [5.74, 6) is 1.56. The zero-order valence-corrected chi connectivity index (χ0v) is 14.5. The zero-order valence-electron chi connectivity index (χ0n) is 14.5. The molecule has 1 N–H and O–H groups in total. The Morgan fingerprint density at radius 1 is 1.04 bits per heavy atom. The number of para-hydroxylation sites is 1. The molecule has 4 nitrogen and oxygen atoms in total. The molecule has 136 valence electrons. The van der Waals surface area contributed by atoms with Crippen LogP contribution in [0.3, 0.4) is 0 Å². The van der Waals surface area contributed by atoms with Crippen LogP contribution in [0, 0.1) is 5.82 Å². The summed E-state index contributed by atoms with van der Waals surface area (Å²) >= 11 is 0. The van der Waals surface area contributed by atoms with Gasteiger partial charge >= 0.3 is 0 Å². The van der Waals surface area contributed by atoms with Crippen LogP contribution in [0.4, 0.5) is 4.39 Å². The number of fused-ring (bicyclic) bond motifs is 1. The maximum absolute atomic E-state index is 13.2. The predicted molar refractivity (Wildman–Crippen MR) is 99.8 cm³/mol. The first-order valence-electron chi connectivity index (χ1n) is 8.73. The minimum atomic E-state index is -0.432. The van der Waals surface area contributed by atoms with Gasteiger partial charge in [-0.1, -0.05) is 24.3 Å². The first-order chi connectivity index (χ1) is 13.2. The molecule has 0 aromatic heterocycles. The average Bonchev–Trinajstić information content (AvgIpc) is 3.09. The van der Waals surface area contributed by atoms with Gasteiger partial charge in [0.05, 0.1) is 6.54 Å². The van der Waals surface area contributed by atoms with E-state index >= 15 is 0 Å². The molecule has 0 aliphatic carbocycles. The van der Waals surface area contributed by atoms with E-state index in [2.05, 4.69) is 5.32 Å². The van der Waals surface area contributed by atoms with E-state index in [1.54, 1.807) is 6.07 Å². The largest absolute Gasteiger partial charge is 0.488 e. The molecule has 1 aliphatic heterocycles. The van der Waals surface area contributed by atoms with Crippen molar-refractivity contribution in [3.8, 4) is 17.2 Å². The van der Waals surface area contributed by atoms with E-state index in [1.807, 2.05) is 48.5 Å². The van der Waals surface area contributed by atoms with Gasteiger partial charge in [-0.3, -0.25) is 4.79 Å². The van der Waals surface area contributed by atoms with E-state index in [-0.39, 0.29) is 12.0 Å². The van der Waals surface area contributed by atoms with Crippen molar-refractivity contribution in [1.29, 1.82) is 0 Å². The Kier molecular flexibility index (Phi) is 4.75. The molecule has 0 unspecified atom stereocenters. The van der Waals surface area contributed by atoms with Crippen molar-refractivity contribution >= 4 is 5.91 Å². The Morgan fingerprint density at radius 2 is 1.89 bits per heavy atom. The summed E-state index contributed by atoms with van der Waals surface area (Å²) in [5, 5.41) is 2.80. The van der Waals surface area contributed by atoms with E-state index in [9.17, 15) is 9.18 Å². The number of hydrogen-bond donors (Lipinski definition) is 1. The van der Waals surface area contributed by atoms with Gasteiger partial charge in [0, 0.05) is 17.5 Å². The molecule has 27 heavy (non-hydrogen) atoms. The Bertz CT molecular complexity index is 959. The Labute approximate surface area is 156 Å². The zero-order chi connectivity index (χ0) is 18.6. The van der Waals surface area contributed by atoms with Gasteiger partial charge in [-0.05, 0) is 48.5 Å². The van der Waals surface area contributed by atoms with Crippen molar-refractivity contribution in [1.82, 2.24) is 5.32 Å². The molecule has 0 spiro atoms. The summed E-state index contributed by atoms with van der Waals surface area (Å²) in [6.07, 6.45) is 0.509. The summed E-state index contributed by atoms with van der Waals surface area (Å²) < 4.78 is 24.9. The lowest BCUT2D eigenvalue weighted by Gasteiger charge is -2.12. The van der Waals surface area contributed by atoms with Crippen molar-refractivity contribution in [3.05, 3.63) is 89.7 Å². The summed E-state index contributed by atoms with van der Waals surface area (Å²) in [7, 11) is 0. The third kappa shape index (κ3) is 4.08. The highest BCUT2D eigenvalue weighted by Crippen LogP contribution is 2.33. The van der Waals surface area contributed by atoms with Crippen molar-refractivity contribution < 1.29 is 18.7 Å². The van der Waals surface area contributed by atoms with E-state index in [0.29, 0.717) is 18.5 Å². The minimum Gasteiger partial charge on any atom is -0.488 e. The molecule has 0 saturated carbocycles. The van der Waals surface area contributed by atoms with Crippen molar-refractivity contribution in [2.45, 2.75) is 12.5 Å². The Hall–Kier alpha value is -3.34. The number of carbonyl (C=O) groups is 1. The average molecular weight is 363 g/mol. The van der Waals surface area contributed by atoms with Crippen LogP contribution >= 0.6 is 0 Å². The highest BCUT2D eigenvalue weighted by molar-refractivity contribution is 5.94. The number of carbonyl (C=O) groups excluding carboxylic acids is 1. The number of rotatable bonds is 5. The van der Waals surface area contributed by atoms with Gasteiger partial charge in [-0.2, -0.15) is 0 Å². The first kappa shape index (κ1) is 17.1. The molecule has 1 amide bonds. The smallest absolute Gasteiger partial charge is 0.251 e. The second-order valence-electron chi connectivity index (χ2n) is 6.35. The van der Waals surface area contributed by atoms with Crippen LogP contribution < -0.4 is 14.8 Å². The monoisotopic (exact) mass is 363 g/mol. The fourth-order valence-electron chi connectivity index (χ4n) is 3.04. The molecule has 1 heterocycles. The molecule has 1 atom stereocenters. The molecule has 3 aromatic carbocycles. The van der Waals surface area contributed by atoms with Crippen molar-refractivity contribution in [2.75, 3.05) is 6.54 Å². The van der Waals surface area contributed by atoms with Crippen LogP contribution in [-0.4, -0.2) is 18.6 Å². The molecular weight excluding hydrogens is 345 g/mol. The molecule has 3 aromatic rings. The first-order valence-corrected chi connectivity index (χ1v) is 8.73. The molecule has 0 bridgehead atoms. The molecular formula is C22H18FNO3. The van der Waals surface area contributed by atoms with Crippen LogP contribution in [0.5, 0.6) is 17.2 Å². The number of benzene rings is 3. The van der Waals surface area contributed by atoms with Crippen LogP contribution in [0.15, 0.2) is 72.8 Å². The number of hydrogen-bond acceptors (Lipinski definition) is 3. The normalized spacial score (nSPS) is 14.9. The molecule has 1 aliphatic rings. The molecule has 5 heteroatoms. The predicted octanol–water partition coefficient (Wildman–Crippen LogP) is 4.35. The number of ether oxygens (including phenoxy) is 2. The SMILES string of the molecule is O=C(NC[C@H]1Cc2cc(Oc3ccccc3)ccc2O1)c1cccc(F)c1. The number of halogens is 1. The van der Waals surface area contributed by atoms with Gasteiger partial charge in [0.1, 0.15) is 29.2 Å². The topological polar surface area (TPSA) is 47.6 Å². The van der Waals surface area contributed by atoms with Gasteiger partial charge < -0.3 is 14.8 Å². The second kappa shape index (κ2) is 7.50. The molecule has 4 rings (SSSR count). The summed E-state index contributed by atoms with van der Waals surface area (Å²) in [4.78, 5) is 12.1. The van der Waals surface area contributed by atoms with Gasteiger partial charge in [-0.15, -0.1) is 0 Å². The quantitative estimate of drug-likeness (QED) is 0.733. The molecule has 0 saturated heterocycles. The maximum atomic E-state index is 13.2. The fourth-order valence-corrected chi connectivity index (χ4v) is 3.04. The number of nitrogens with one attached hydrogen (secondary N) is 1. The lowest BCUT2D eigenvalue weighted by atomic mass is 10.1. The van der Waals surface area contributed by atoms with Crippen LogP contribution in [0.1, 0.15) is 15.9 Å². The van der Waals surface area contributed by atoms with Crippen LogP contribution in [0.25, 0.3) is 0 Å². The minimum absolute atomic E-state index is 0.163. The van der Waals surface area contributed by atoms with E-state index in [1.165, 1.54) is 18.2 Å². The third-order valence-corrected chi connectivity index (χ3v) is 4.33. The van der Waals surface area contributed by atoms with Crippen molar-refractivity contribution in [3.63, 3.8) is 0 Å².